The van der Waals surface area contributed by atoms with Crippen molar-refractivity contribution in [2.75, 3.05) is 32.7 Å². The van der Waals surface area contributed by atoms with Crippen molar-refractivity contribution in [1.82, 2.24) is 10.2 Å². The van der Waals surface area contributed by atoms with Crippen LogP contribution in [-0.4, -0.2) is 37.6 Å². The Morgan fingerprint density at radius 3 is 2.82 bits per heavy atom. The van der Waals surface area contributed by atoms with Crippen LogP contribution in [0.5, 0.6) is 0 Å². The maximum atomic E-state index is 4.00. The number of rotatable bonds is 4. The Morgan fingerprint density at radius 1 is 1.35 bits per heavy atom. The summed E-state index contributed by atoms with van der Waals surface area (Å²) in [7, 11) is 0. The van der Waals surface area contributed by atoms with E-state index >= 15 is 0 Å². The Labute approximate surface area is 104 Å². The van der Waals surface area contributed by atoms with E-state index < -0.39 is 0 Å². The fourth-order valence-electron chi connectivity index (χ4n) is 2.21. The zero-order chi connectivity index (χ0) is 12.1. The van der Waals surface area contributed by atoms with Gasteiger partial charge in [0.1, 0.15) is 0 Å². The van der Waals surface area contributed by atoms with Crippen LogP contribution in [0.4, 0.5) is 0 Å². The lowest BCUT2D eigenvalue weighted by Gasteiger charge is -2.27. The number of nitrogens with one attached hydrogen (secondary N) is 1. The molecule has 0 amide bonds. The third-order valence-corrected chi connectivity index (χ3v) is 3.35. The lowest BCUT2D eigenvalue weighted by Crippen LogP contribution is -2.44. The second-order valence-corrected chi connectivity index (χ2v) is 4.82. The van der Waals surface area contributed by atoms with Crippen LogP contribution in [0.25, 0.3) is 5.57 Å². The predicted octanol–water partition coefficient (Wildman–Crippen LogP) is 2.17. The van der Waals surface area contributed by atoms with E-state index in [4.69, 9.17) is 0 Å². The Hall–Kier alpha value is -1.12. The molecule has 0 aromatic heterocycles. The van der Waals surface area contributed by atoms with Crippen LogP contribution in [0, 0.1) is 0 Å². The summed E-state index contributed by atoms with van der Waals surface area (Å²) in [5, 5.41) is 3.38. The number of piperazine rings is 1. The fraction of sp³-hybridized carbons (Fsp3) is 0.467. The molecule has 0 spiro atoms. The second kappa shape index (κ2) is 5.99. The zero-order valence-corrected chi connectivity index (χ0v) is 10.7. The highest BCUT2D eigenvalue weighted by molar-refractivity contribution is 5.61. The summed E-state index contributed by atoms with van der Waals surface area (Å²) >= 11 is 0. The Morgan fingerprint density at radius 2 is 2.12 bits per heavy atom. The maximum absolute atomic E-state index is 4.00. The molecule has 1 aromatic rings. The molecule has 0 aliphatic carbocycles. The van der Waals surface area contributed by atoms with Crippen LogP contribution in [-0.2, 0) is 6.42 Å². The Kier molecular flexibility index (Phi) is 4.35. The number of benzene rings is 1. The van der Waals surface area contributed by atoms with E-state index in [9.17, 15) is 0 Å². The van der Waals surface area contributed by atoms with Crippen molar-refractivity contribution in [2.24, 2.45) is 0 Å². The lowest BCUT2D eigenvalue weighted by molar-refractivity contribution is 0.244. The third-order valence-electron chi connectivity index (χ3n) is 3.35. The zero-order valence-electron chi connectivity index (χ0n) is 10.7. The topological polar surface area (TPSA) is 15.3 Å². The molecule has 1 N–H and O–H groups in total. The SMILES string of the molecule is C=C(C)c1cccc(CCN2CCNCC2)c1. The normalized spacial score (nSPS) is 17.0. The molecule has 1 aliphatic rings. The highest BCUT2D eigenvalue weighted by Crippen LogP contribution is 2.14. The van der Waals surface area contributed by atoms with Crippen molar-refractivity contribution in [3.05, 3.63) is 42.0 Å². The van der Waals surface area contributed by atoms with Crippen molar-refractivity contribution < 1.29 is 0 Å². The monoisotopic (exact) mass is 230 g/mol. The summed E-state index contributed by atoms with van der Waals surface area (Å²) in [5.41, 5.74) is 3.83. The molecule has 92 valence electrons. The van der Waals surface area contributed by atoms with Crippen LogP contribution in [0.15, 0.2) is 30.8 Å². The minimum Gasteiger partial charge on any atom is -0.314 e. The van der Waals surface area contributed by atoms with Gasteiger partial charge < -0.3 is 10.2 Å². The number of hydrogen-bond acceptors (Lipinski definition) is 2. The first kappa shape index (κ1) is 12.3. The van der Waals surface area contributed by atoms with Gasteiger partial charge in [0.25, 0.3) is 0 Å². The van der Waals surface area contributed by atoms with Gasteiger partial charge in [-0.1, -0.05) is 36.4 Å². The minimum atomic E-state index is 1.13. The van der Waals surface area contributed by atoms with Gasteiger partial charge in [0.15, 0.2) is 0 Å². The molecule has 2 nitrogen and oxygen atoms in total. The van der Waals surface area contributed by atoms with Gasteiger partial charge in [-0.15, -0.1) is 0 Å². The lowest BCUT2D eigenvalue weighted by atomic mass is 10.0. The Balaban J connectivity index is 1.89. The molecule has 2 rings (SSSR count). The minimum absolute atomic E-state index is 1.13. The molecular weight excluding hydrogens is 208 g/mol. The van der Waals surface area contributed by atoms with Crippen molar-refractivity contribution in [3.8, 4) is 0 Å². The van der Waals surface area contributed by atoms with Crippen molar-refractivity contribution in [1.29, 1.82) is 0 Å². The molecule has 0 saturated carbocycles. The standard InChI is InChI=1S/C15H22N2/c1-13(2)15-5-3-4-14(12-15)6-9-17-10-7-16-8-11-17/h3-5,12,16H,1,6-11H2,2H3. The van der Waals surface area contributed by atoms with Gasteiger partial charge in [0, 0.05) is 32.7 Å². The number of hydrogen-bond donors (Lipinski definition) is 1. The molecule has 2 heteroatoms. The van der Waals surface area contributed by atoms with E-state index in [1.165, 1.54) is 30.8 Å². The largest absolute Gasteiger partial charge is 0.314 e. The molecule has 1 aliphatic heterocycles. The van der Waals surface area contributed by atoms with E-state index in [1.54, 1.807) is 0 Å². The van der Waals surface area contributed by atoms with E-state index in [0.29, 0.717) is 0 Å². The van der Waals surface area contributed by atoms with E-state index in [-0.39, 0.29) is 0 Å². The predicted molar refractivity (Wildman–Crippen MR) is 74.2 cm³/mol. The quantitative estimate of drug-likeness (QED) is 0.853. The van der Waals surface area contributed by atoms with Crippen LogP contribution >= 0.6 is 0 Å². The van der Waals surface area contributed by atoms with Crippen molar-refractivity contribution in [2.45, 2.75) is 13.3 Å². The molecular formula is C15H22N2. The van der Waals surface area contributed by atoms with Gasteiger partial charge >= 0.3 is 0 Å². The molecule has 1 saturated heterocycles. The average molecular weight is 230 g/mol. The summed E-state index contributed by atoms with van der Waals surface area (Å²) in [6, 6.07) is 8.76. The molecule has 0 radical (unpaired) electrons. The van der Waals surface area contributed by atoms with Crippen molar-refractivity contribution >= 4 is 5.57 Å². The first-order valence-electron chi connectivity index (χ1n) is 6.43. The summed E-state index contributed by atoms with van der Waals surface area (Å²) < 4.78 is 0. The van der Waals surface area contributed by atoms with Gasteiger partial charge in [0.05, 0.1) is 0 Å². The Bertz CT molecular complexity index is 378. The van der Waals surface area contributed by atoms with Gasteiger partial charge in [0.2, 0.25) is 0 Å². The van der Waals surface area contributed by atoms with Crippen molar-refractivity contribution in [3.63, 3.8) is 0 Å². The molecule has 0 unspecified atom stereocenters. The molecule has 1 heterocycles. The van der Waals surface area contributed by atoms with Crippen LogP contribution in [0.1, 0.15) is 18.1 Å². The van der Waals surface area contributed by atoms with Gasteiger partial charge in [-0.2, -0.15) is 0 Å². The molecule has 1 aromatic carbocycles. The highest BCUT2D eigenvalue weighted by atomic mass is 15.2. The van der Waals surface area contributed by atoms with Gasteiger partial charge in [-0.3, -0.25) is 0 Å². The molecule has 17 heavy (non-hydrogen) atoms. The molecule has 1 fully saturated rings. The van der Waals surface area contributed by atoms with E-state index in [0.717, 1.165) is 25.1 Å². The summed E-state index contributed by atoms with van der Waals surface area (Å²) in [6.07, 6.45) is 1.14. The van der Waals surface area contributed by atoms with E-state index in [1.807, 2.05) is 0 Å². The van der Waals surface area contributed by atoms with Crippen LogP contribution < -0.4 is 5.32 Å². The van der Waals surface area contributed by atoms with Gasteiger partial charge in [-0.05, 0) is 24.5 Å². The summed E-state index contributed by atoms with van der Waals surface area (Å²) in [4.78, 5) is 2.53. The summed E-state index contributed by atoms with van der Waals surface area (Å²) in [6.45, 7) is 11.9. The van der Waals surface area contributed by atoms with E-state index in [2.05, 4.69) is 48.0 Å². The first-order valence-corrected chi connectivity index (χ1v) is 6.43. The molecule has 0 atom stereocenters. The van der Waals surface area contributed by atoms with Gasteiger partial charge in [-0.25, -0.2) is 0 Å². The summed E-state index contributed by atoms with van der Waals surface area (Å²) in [5.74, 6) is 0. The van der Waals surface area contributed by atoms with Crippen LogP contribution in [0.2, 0.25) is 0 Å². The second-order valence-electron chi connectivity index (χ2n) is 4.82. The number of nitrogens with zero attached hydrogens (tertiary/aromatic N) is 1. The molecule has 0 bridgehead atoms. The third kappa shape index (κ3) is 3.69. The number of allylic oxidation sites excluding steroid dienone is 1. The highest BCUT2D eigenvalue weighted by Gasteiger charge is 2.08. The van der Waals surface area contributed by atoms with Crippen LogP contribution in [0.3, 0.4) is 0 Å². The first-order chi connectivity index (χ1) is 8.25. The maximum Gasteiger partial charge on any atom is 0.0108 e. The average Bonchev–Trinajstić information content (AvgIpc) is 2.38. The smallest absolute Gasteiger partial charge is 0.0108 e. The fourth-order valence-corrected chi connectivity index (χ4v) is 2.21.